The standard InChI is InChI=1S/C19H22FN5O2S/c1-27-17-3-2-14(10-16(17)20)12-23-4-6-24(7-5-23)18(26)21-11-15-13-25-8-9-28-19(25)22-15/h2-3,8-10,13H,4-7,11-12H2,1H3,(H,21,26). The first kappa shape index (κ1) is 18.7. The SMILES string of the molecule is COc1ccc(CN2CCN(C(=O)NCc3cn4ccsc4n3)CC2)cc1F. The minimum Gasteiger partial charge on any atom is -0.494 e. The number of benzene rings is 1. The first-order chi connectivity index (χ1) is 13.6. The minimum atomic E-state index is -0.350. The van der Waals surface area contributed by atoms with Gasteiger partial charge in [-0.05, 0) is 17.7 Å². The van der Waals surface area contributed by atoms with Crippen LogP contribution < -0.4 is 10.1 Å². The number of aromatic nitrogens is 2. The van der Waals surface area contributed by atoms with Gasteiger partial charge < -0.3 is 15.0 Å². The number of carbonyl (C=O) groups is 1. The average molecular weight is 403 g/mol. The van der Waals surface area contributed by atoms with Crippen LogP contribution in [-0.4, -0.2) is 58.5 Å². The number of nitrogens with zero attached hydrogens (tertiary/aromatic N) is 4. The van der Waals surface area contributed by atoms with Gasteiger partial charge in [0.15, 0.2) is 16.5 Å². The summed E-state index contributed by atoms with van der Waals surface area (Å²) in [4.78, 5) is 21.8. The van der Waals surface area contributed by atoms with Crippen LogP contribution in [0, 0.1) is 5.82 Å². The molecule has 0 saturated carbocycles. The van der Waals surface area contributed by atoms with E-state index in [4.69, 9.17) is 4.74 Å². The molecule has 0 radical (unpaired) electrons. The predicted octanol–water partition coefficient (Wildman–Crippen LogP) is 2.57. The van der Waals surface area contributed by atoms with Crippen molar-refractivity contribution in [2.75, 3.05) is 33.3 Å². The van der Waals surface area contributed by atoms with Crippen LogP contribution in [0.25, 0.3) is 4.96 Å². The molecule has 1 N–H and O–H groups in total. The van der Waals surface area contributed by atoms with Gasteiger partial charge in [-0.3, -0.25) is 9.30 Å². The zero-order valence-corrected chi connectivity index (χ0v) is 16.4. The largest absolute Gasteiger partial charge is 0.494 e. The maximum absolute atomic E-state index is 13.8. The number of piperazine rings is 1. The van der Waals surface area contributed by atoms with Crippen LogP contribution in [-0.2, 0) is 13.1 Å². The summed E-state index contributed by atoms with van der Waals surface area (Å²) in [6.07, 6.45) is 3.88. The third kappa shape index (κ3) is 4.10. The van der Waals surface area contributed by atoms with Crippen molar-refractivity contribution in [1.82, 2.24) is 24.5 Å². The van der Waals surface area contributed by atoms with Crippen LogP contribution in [0.15, 0.2) is 36.0 Å². The monoisotopic (exact) mass is 403 g/mol. The van der Waals surface area contributed by atoms with Gasteiger partial charge in [0, 0.05) is 50.5 Å². The summed E-state index contributed by atoms with van der Waals surface area (Å²) in [5.74, 6) is -0.0973. The first-order valence-electron chi connectivity index (χ1n) is 9.11. The highest BCUT2D eigenvalue weighted by Crippen LogP contribution is 2.19. The molecular weight excluding hydrogens is 381 g/mol. The van der Waals surface area contributed by atoms with Gasteiger partial charge in [0.2, 0.25) is 0 Å². The molecule has 28 heavy (non-hydrogen) atoms. The van der Waals surface area contributed by atoms with Gasteiger partial charge in [-0.25, -0.2) is 14.2 Å². The number of ether oxygens (including phenoxy) is 1. The number of rotatable bonds is 5. The minimum absolute atomic E-state index is 0.0773. The van der Waals surface area contributed by atoms with Crippen molar-refractivity contribution in [1.29, 1.82) is 0 Å². The molecule has 4 rings (SSSR count). The molecule has 2 amide bonds. The molecule has 1 saturated heterocycles. The third-order valence-corrected chi connectivity index (χ3v) is 5.62. The summed E-state index contributed by atoms with van der Waals surface area (Å²) in [6.45, 7) is 3.86. The number of hydrogen-bond donors (Lipinski definition) is 1. The average Bonchev–Trinajstić information content (AvgIpc) is 3.29. The number of imidazole rings is 1. The highest BCUT2D eigenvalue weighted by molar-refractivity contribution is 7.15. The fourth-order valence-corrected chi connectivity index (χ4v) is 4.03. The summed E-state index contributed by atoms with van der Waals surface area (Å²) in [5.41, 5.74) is 1.75. The Hall–Kier alpha value is -2.65. The Balaban J connectivity index is 1.24. The topological polar surface area (TPSA) is 62.1 Å². The van der Waals surface area contributed by atoms with Crippen LogP contribution >= 0.6 is 11.3 Å². The molecule has 9 heteroatoms. The van der Waals surface area contributed by atoms with Crippen LogP contribution in [0.4, 0.5) is 9.18 Å². The Morgan fingerprint density at radius 2 is 2.14 bits per heavy atom. The van der Waals surface area contributed by atoms with E-state index in [-0.39, 0.29) is 17.6 Å². The van der Waals surface area contributed by atoms with Crippen molar-refractivity contribution < 1.29 is 13.9 Å². The number of amides is 2. The normalized spacial score (nSPS) is 15.1. The lowest BCUT2D eigenvalue weighted by Gasteiger charge is -2.34. The Bertz CT molecular complexity index is 936. The summed E-state index contributed by atoms with van der Waals surface area (Å²) >= 11 is 1.57. The quantitative estimate of drug-likeness (QED) is 0.711. The van der Waals surface area contributed by atoms with Gasteiger partial charge >= 0.3 is 6.03 Å². The van der Waals surface area contributed by atoms with E-state index in [0.717, 1.165) is 29.3 Å². The predicted molar refractivity (Wildman–Crippen MR) is 105 cm³/mol. The highest BCUT2D eigenvalue weighted by atomic mass is 32.1. The molecule has 0 unspecified atom stereocenters. The molecule has 1 aliphatic heterocycles. The van der Waals surface area contributed by atoms with Gasteiger partial charge in [-0.2, -0.15) is 0 Å². The van der Waals surface area contributed by atoms with E-state index in [1.807, 2.05) is 33.1 Å². The molecule has 1 aromatic carbocycles. The number of hydrogen-bond acceptors (Lipinski definition) is 5. The lowest BCUT2D eigenvalue weighted by molar-refractivity contribution is 0.135. The van der Waals surface area contributed by atoms with Crippen LogP contribution in [0.1, 0.15) is 11.3 Å². The van der Waals surface area contributed by atoms with Crippen molar-refractivity contribution in [2.24, 2.45) is 0 Å². The molecule has 3 aromatic rings. The number of nitrogens with one attached hydrogen (secondary N) is 1. The summed E-state index contributed by atoms with van der Waals surface area (Å²) in [6, 6.07) is 4.95. The van der Waals surface area contributed by atoms with Crippen molar-refractivity contribution in [3.63, 3.8) is 0 Å². The third-order valence-electron chi connectivity index (χ3n) is 4.85. The highest BCUT2D eigenvalue weighted by Gasteiger charge is 2.21. The van der Waals surface area contributed by atoms with Gasteiger partial charge in [-0.15, -0.1) is 11.3 Å². The Morgan fingerprint density at radius 3 is 2.86 bits per heavy atom. The molecule has 0 spiro atoms. The Labute approximate surface area is 166 Å². The lowest BCUT2D eigenvalue weighted by atomic mass is 10.2. The van der Waals surface area contributed by atoms with E-state index < -0.39 is 0 Å². The molecule has 2 aromatic heterocycles. The molecule has 0 aliphatic carbocycles. The fourth-order valence-electron chi connectivity index (χ4n) is 3.31. The number of urea groups is 1. The van der Waals surface area contributed by atoms with Crippen molar-refractivity contribution in [3.8, 4) is 5.75 Å². The fraction of sp³-hybridized carbons (Fsp3) is 0.368. The smallest absolute Gasteiger partial charge is 0.317 e. The Kier molecular flexibility index (Phi) is 5.45. The maximum Gasteiger partial charge on any atom is 0.317 e. The zero-order valence-electron chi connectivity index (χ0n) is 15.6. The second-order valence-electron chi connectivity index (χ2n) is 6.72. The molecule has 0 atom stereocenters. The van der Waals surface area contributed by atoms with E-state index >= 15 is 0 Å². The number of halogens is 1. The Morgan fingerprint density at radius 1 is 1.32 bits per heavy atom. The summed E-state index contributed by atoms with van der Waals surface area (Å²) in [7, 11) is 1.46. The number of thiazole rings is 1. The van der Waals surface area contributed by atoms with Gasteiger partial charge in [-0.1, -0.05) is 6.07 Å². The van der Waals surface area contributed by atoms with Gasteiger partial charge in [0.05, 0.1) is 19.3 Å². The maximum atomic E-state index is 13.8. The van der Waals surface area contributed by atoms with Crippen LogP contribution in [0.3, 0.4) is 0 Å². The van der Waals surface area contributed by atoms with Crippen LogP contribution in [0.2, 0.25) is 0 Å². The first-order valence-corrected chi connectivity index (χ1v) is 9.99. The number of carbonyl (C=O) groups excluding carboxylic acids is 1. The van der Waals surface area contributed by atoms with Crippen molar-refractivity contribution in [2.45, 2.75) is 13.1 Å². The lowest BCUT2D eigenvalue weighted by Crippen LogP contribution is -2.51. The van der Waals surface area contributed by atoms with Crippen LogP contribution in [0.5, 0.6) is 5.75 Å². The second-order valence-corrected chi connectivity index (χ2v) is 7.59. The van der Waals surface area contributed by atoms with Gasteiger partial charge in [0.1, 0.15) is 0 Å². The molecule has 148 valence electrons. The van der Waals surface area contributed by atoms with E-state index in [0.29, 0.717) is 26.2 Å². The van der Waals surface area contributed by atoms with E-state index in [1.54, 1.807) is 17.4 Å². The van der Waals surface area contributed by atoms with E-state index in [1.165, 1.54) is 13.2 Å². The molecule has 0 bridgehead atoms. The molecule has 1 aliphatic rings. The molecular formula is C19H22FN5O2S. The van der Waals surface area contributed by atoms with E-state index in [9.17, 15) is 9.18 Å². The van der Waals surface area contributed by atoms with Crippen molar-refractivity contribution >= 4 is 22.3 Å². The van der Waals surface area contributed by atoms with Gasteiger partial charge in [0.25, 0.3) is 0 Å². The summed E-state index contributed by atoms with van der Waals surface area (Å²) < 4.78 is 20.7. The number of methoxy groups -OCH3 is 1. The van der Waals surface area contributed by atoms with E-state index in [2.05, 4.69) is 15.2 Å². The number of fused-ring (bicyclic) bond motifs is 1. The second kappa shape index (κ2) is 8.15. The molecule has 7 nitrogen and oxygen atoms in total. The van der Waals surface area contributed by atoms with Crippen molar-refractivity contribution in [3.05, 3.63) is 53.0 Å². The summed E-state index contributed by atoms with van der Waals surface area (Å²) in [5, 5.41) is 4.91. The zero-order chi connectivity index (χ0) is 19.5. The molecule has 1 fully saturated rings. The molecule has 3 heterocycles.